The Morgan fingerprint density at radius 2 is 1.67 bits per heavy atom. The molecule has 1 aliphatic rings. The van der Waals surface area contributed by atoms with E-state index in [1.807, 2.05) is 0 Å². The monoisotopic (exact) mass is 213 g/mol. The number of nitrogens with one attached hydrogen (secondary N) is 1. The smallest absolute Gasteiger partial charge is 0.0771 e. The molecule has 0 saturated heterocycles. The number of hydrogen-bond acceptors (Lipinski definition) is 2. The summed E-state index contributed by atoms with van der Waals surface area (Å²) < 4.78 is 0. The molecule has 0 aromatic rings. The highest BCUT2D eigenvalue weighted by Crippen LogP contribution is 2.22. The summed E-state index contributed by atoms with van der Waals surface area (Å²) in [7, 11) is 0. The van der Waals surface area contributed by atoms with Crippen LogP contribution in [0.25, 0.3) is 0 Å². The van der Waals surface area contributed by atoms with E-state index in [1.165, 1.54) is 25.7 Å². The predicted octanol–water partition coefficient (Wildman–Crippen LogP) is 2.85. The van der Waals surface area contributed by atoms with Crippen LogP contribution in [0.3, 0.4) is 0 Å². The lowest BCUT2D eigenvalue weighted by atomic mass is 9.92. The molecule has 0 aromatic carbocycles. The molecular formula is C13H27NO. The van der Waals surface area contributed by atoms with E-state index in [2.05, 4.69) is 19.2 Å². The first kappa shape index (κ1) is 13.0. The van der Waals surface area contributed by atoms with Crippen LogP contribution in [0.4, 0.5) is 0 Å². The van der Waals surface area contributed by atoms with E-state index in [-0.39, 0.29) is 0 Å². The van der Waals surface area contributed by atoms with Crippen molar-refractivity contribution in [3.63, 3.8) is 0 Å². The summed E-state index contributed by atoms with van der Waals surface area (Å²) in [5, 5.41) is 14.0. The van der Waals surface area contributed by atoms with Gasteiger partial charge >= 0.3 is 0 Å². The molecule has 15 heavy (non-hydrogen) atoms. The normalized spacial score (nSPS) is 18.6. The standard InChI is InChI=1S/C13H27NO/c1-3-9-13(15,10-4-2)11-14-12-7-5-6-8-12/h12,14-15H,3-11H2,1-2H3. The lowest BCUT2D eigenvalue weighted by Gasteiger charge is -2.29. The van der Waals surface area contributed by atoms with Gasteiger partial charge in [0.1, 0.15) is 0 Å². The highest BCUT2D eigenvalue weighted by Gasteiger charge is 2.26. The van der Waals surface area contributed by atoms with Crippen molar-refractivity contribution in [2.75, 3.05) is 6.54 Å². The highest BCUT2D eigenvalue weighted by molar-refractivity contribution is 4.83. The van der Waals surface area contributed by atoms with Gasteiger partial charge in [0, 0.05) is 12.6 Å². The van der Waals surface area contributed by atoms with Gasteiger partial charge in [0.15, 0.2) is 0 Å². The van der Waals surface area contributed by atoms with Gasteiger partial charge in [-0.1, -0.05) is 39.5 Å². The van der Waals surface area contributed by atoms with Crippen molar-refractivity contribution >= 4 is 0 Å². The van der Waals surface area contributed by atoms with Crippen LogP contribution in [0.5, 0.6) is 0 Å². The molecule has 0 spiro atoms. The maximum absolute atomic E-state index is 10.4. The number of aliphatic hydroxyl groups is 1. The van der Waals surface area contributed by atoms with Crippen LogP contribution in [-0.2, 0) is 0 Å². The van der Waals surface area contributed by atoms with Gasteiger partial charge < -0.3 is 10.4 Å². The minimum absolute atomic E-state index is 0.452. The fraction of sp³-hybridized carbons (Fsp3) is 1.00. The van der Waals surface area contributed by atoms with E-state index >= 15 is 0 Å². The third-order valence-electron chi connectivity index (χ3n) is 3.51. The highest BCUT2D eigenvalue weighted by atomic mass is 16.3. The molecule has 1 rings (SSSR count). The Hall–Kier alpha value is -0.0800. The maximum Gasteiger partial charge on any atom is 0.0771 e. The van der Waals surface area contributed by atoms with Crippen LogP contribution in [0.2, 0.25) is 0 Å². The fourth-order valence-corrected chi connectivity index (χ4v) is 2.70. The summed E-state index contributed by atoms with van der Waals surface area (Å²) >= 11 is 0. The summed E-state index contributed by atoms with van der Waals surface area (Å²) in [6.07, 6.45) is 9.32. The first-order valence-corrected chi connectivity index (χ1v) is 6.66. The summed E-state index contributed by atoms with van der Waals surface area (Å²) in [6, 6.07) is 0.672. The molecule has 0 radical (unpaired) electrons. The van der Waals surface area contributed by atoms with E-state index in [0.717, 1.165) is 32.2 Å². The SMILES string of the molecule is CCCC(O)(CCC)CNC1CCCC1. The maximum atomic E-state index is 10.4. The molecule has 0 unspecified atom stereocenters. The van der Waals surface area contributed by atoms with E-state index in [9.17, 15) is 5.11 Å². The Labute approximate surface area is 94.5 Å². The average molecular weight is 213 g/mol. The molecule has 2 heteroatoms. The van der Waals surface area contributed by atoms with Crippen molar-refractivity contribution in [2.45, 2.75) is 76.9 Å². The van der Waals surface area contributed by atoms with Crippen LogP contribution in [0.1, 0.15) is 65.2 Å². The molecule has 1 saturated carbocycles. The second kappa shape index (κ2) is 6.49. The van der Waals surface area contributed by atoms with Gasteiger partial charge in [-0.3, -0.25) is 0 Å². The largest absolute Gasteiger partial charge is 0.389 e. The number of hydrogen-bond donors (Lipinski definition) is 2. The molecule has 0 aromatic heterocycles. The molecule has 0 heterocycles. The minimum Gasteiger partial charge on any atom is -0.389 e. The molecule has 2 nitrogen and oxygen atoms in total. The van der Waals surface area contributed by atoms with Crippen molar-refractivity contribution in [1.29, 1.82) is 0 Å². The number of rotatable bonds is 7. The topological polar surface area (TPSA) is 32.3 Å². The van der Waals surface area contributed by atoms with Crippen molar-refractivity contribution in [2.24, 2.45) is 0 Å². The van der Waals surface area contributed by atoms with Gasteiger partial charge in [0.2, 0.25) is 0 Å². The minimum atomic E-state index is -0.452. The first-order valence-electron chi connectivity index (χ1n) is 6.66. The Balaban J connectivity index is 2.29. The van der Waals surface area contributed by atoms with Gasteiger partial charge in [-0.25, -0.2) is 0 Å². The molecule has 90 valence electrons. The van der Waals surface area contributed by atoms with Crippen LogP contribution < -0.4 is 5.32 Å². The third-order valence-corrected chi connectivity index (χ3v) is 3.51. The molecule has 0 bridgehead atoms. The summed E-state index contributed by atoms with van der Waals surface area (Å²) in [6.45, 7) is 5.09. The Kier molecular flexibility index (Phi) is 5.62. The van der Waals surface area contributed by atoms with Gasteiger partial charge in [0.25, 0.3) is 0 Å². The van der Waals surface area contributed by atoms with Crippen molar-refractivity contribution in [3.8, 4) is 0 Å². The zero-order valence-corrected chi connectivity index (χ0v) is 10.4. The molecule has 0 aliphatic heterocycles. The lowest BCUT2D eigenvalue weighted by molar-refractivity contribution is 0.0194. The van der Waals surface area contributed by atoms with Crippen LogP contribution >= 0.6 is 0 Å². The molecular weight excluding hydrogens is 186 g/mol. The summed E-state index contributed by atoms with van der Waals surface area (Å²) in [4.78, 5) is 0. The first-order chi connectivity index (χ1) is 7.20. The van der Waals surface area contributed by atoms with Crippen molar-refractivity contribution in [3.05, 3.63) is 0 Å². The van der Waals surface area contributed by atoms with E-state index < -0.39 is 5.60 Å². The van der Waals surface area contributed by atoms with Gasteiger partial charge in [-0.2, -0.15) is 0 Å². The lowest BCUT2D eigenvalue weighted by Crippen LogP contribution is -2.43. The second-order valence-electron chi connectivity index (χ2n) is 5.09. The Bertz CT molecular complexity index is 158. The summed E-state index contributed by atoms with van der Waals surface area (Å²) in [5.41, 5.74) is -0.452. The second-order valence-corrected chi connectivity index (χ2v) is 5.09. The molecule has 1 aliphatic carbocycles. The van der Waals surface area contributed by atoms with E-state index in [4.69, 9.17) is 0 Å². The van der Waals surface area contributed by atoms with Crippen LogP contribution in [0.15, 0.2) is 0 Å². The molecule has 0 atom stereocenters. The van der Waals surface area contributed by atoms with E-state index in [0.29, 0.717) is 6.04 Å². The summed E-state index contributed by atoms with van der Waals surface area (Å²) in [5.74, 6) is 0. The zero-order chi connectivity index (χ0) is 11.1. The molecule has 1 fully saturated rings. The van der Waals surface area contributed by atoms with Crippen molar-refractivity contribution in [1.82, 2.24) is 5.32 Å². The average Bonchev–Trinajstić information content (AvgIpc) is 2.68. The Morgan fingerprint density at radius 1 is 1.13 bits per heavy atom. The zero-order valence-electron chi connectivity index (χ0n) is 10.4. The quantitative estimate of drug-likeness (QED) is 0.681. The van der Waals surface area contributed by atoms with Crippen LogP contribution in [0, 0.1) is 0 Å². The molecule has 0 amide bonds. The van der Waals surface area contributed by atoms with Gasteiger partial charge in [-0.15, -0.1) is 0 Å². The Morgan fingerprint density at radius 3 is 2.13 bits per heavy atom. The van der Waals surface area contributed by atoms with Gasteiger partial charge in [-0.05, 0) is 25.7 Å². The van der Waals surface area contributed by atoms with Crippen molar-refractivity contribution < 1.29 is 5.11 Å². The third kappa shape index (κ3) is 4.52. The van der Waals surface area contributed by atoms with Gasteiger partial charge in [0.05, 0.1) is 5.60 Å². The van der Waals surface area contributed by atoms with E-state index in [1.54, 1.807) is 0 Å². The molecule has 2 N–H and O–H groups in total. The van der Waals surface area contributed by atoms with Crippen LogP contribution in [-0.4, -0.2) is 23.3 Å². The fourth-order valence-electron chi connectivity index (χ4n) is 2.70. The predicted molar refractivity (Wildman–Crippen MR) is 65.0 cm³/mol.